The summed E-state index contributed by atoms with van der Waals surface area (Å²) in [7, 11) is 4.82. The molecule has 7 nitrogen and oxygen atoms in total. The van der Waals surface area contributed by atoms with Gasteiger partial charge in [-0.3, -0.25) is 4.79 Å². The summed E-state index contributed by atoms with van der Waals surface area (Å²) >= 11 is 0. The molecule has 1 unspecified atom stereocenters. The zero-order valence-corrected chi connectivity index (χ0v) is 22.7. The van der Waals surface area contributed by atoms with Crippen molar-refractivity contribution in [2.75, 3.05) is 21.3 Å². The topological polar surface area (TPSA) is 74.6 Å². The predicted octanol–water partition coefficient (Wildman–Crippen LogP) is 6.28. The van der Waals surface area contributed by atoms with Crippen molar-refractivity contribution >= 4 is 5.91 Å². The molecule has 4 aromatic carbocycles. The van der Waals surface area contributed by atoms with Crippen molar-refractivity contribution in [3.05, 3.63) is 126 Å². The van der Waals surface area contributed by atoms with Gasteiger partial charge in [-0.1, -0.05) is 60.7 Å². The normalized spacial score (nSPS) is 11.5. The van der Waals surface area contributed by atoms with Gasteiger partial charge < -0.3 is 19.5 Å². The van der Waals surface area contributed by atoms with Crippen LogP contribution in [0.15, 0.2) is 109 Å². The van der Waals surface area contributed by atoms with Crippen LogP contribution in [0.5, 0.6) is 17.2 Å². The predicted molar refractivity (Wildman–Crippen MR) is 155 cm³/mol. The third-order valence-electron chi connectivity index (χ3n) is 6.73. The Balaban J connectivity index is 1.56. The fourth-order valence-electron chi connectivity index (χ4n) is 4.62. The van der Waals surface area contributed by atoms with Crippen molar-refractivity contribution in [3.8, 4) is 34.2 Å². The lowest BCUT2D eigenvalue weighted by molar-refractivity contribution is 0.0928. The van der Waals surface area contributed by atoms with Crippen LogP contribution < -0.4 is 19.5 Å². The van der Waals surface area contributed by atoms with Gasteiger partial charge in [0.05, 0.1) is 38.8 Å². The minimum Gasteiger partial charge on any atom is -0.497 e. The number of hydrogen-bond acceptors (Lipinski definition) is 5. The first kappa shape index (κ1) is 26.6. The molecule has 0 saturated heterocycles. The summed E-state index contributed by atoms with van der Waals surface area (Å²) < 4.78 is 18.0. The van der Waals surface area contributed by atoms with E-state index in [1.165, 1.54) is 0 Å². The van der Waals surface area contributed by atoms with E-state index >= 15 is 0 Å². The van der Waals surface area contributed by atoms with Gasteiger partial charge >= 0.3 is 0 Å². The molecule has 0 spiro atoms. The Morgan fingerprint density at radius 2 is 1.43 bits per heavy atom. The number of benzene rings is 4. The second kappa shape index (κ2) is 12.2. The van der Waals surface area contributed by atoms with Gasteiger partial charge in [0, 0.05) is 11.6 Å². The van der Waals surface area contributed by atoms with E-state index in [9.17, 15) is 4.79 Å². The van der Waals surface area contributed by atoms with Gasteiger partial charge in [0.15, 0.2) is 0 Å². The Hall–Kier alpha value is -5.04. The molecule has 5 rings (SSSR count). The second-order valence-electron chi connectivity index (χ2n) is 9.22. The van der Waals surface area contributed by atoms with E-state index in [1.807, 2.05) is 84.9 Å². The Kier molecular flexibility index (Phi) is 8.11. The molecule has 202 valence electrons. The van der Waals surface area contributed by atoms with Gasteiger partial charge in [0.1, 0.15) is 22.9 Å². The molecule has 0 aliphatic rings. The molecule has 7 heteroatoms. The van der Waals surface area contributed by atoms with Gasteiger partial charge in [-0.05, 0) is 60.0 Å². The maximum absolute atomic E-state index is 14.0. The van der Waals surface area contributed by atoms with E-state index in [4.69, 9.17) is 19.3 Å². The van der Waals surface area contributed by atoms with Gasteiger partial charge in [-0.2, -0.15) is 5.10 Å². The summed E-state index contributed by atoms with van der Waals surface area (Å²) in [5, 5.41) is 8.12. The first-order valence-electron chi connectivity index (χ1n) is 13.0. The van der Waals surface area contributed by atoms with E-state index in [2.05, 4.69) is 17.4 Å². The number of ether oxygens (including phenoxy) is 3. The summed E-state index contributed by atoms with van der Waals surface area (Å²) in [6.07, 6.45) is 0.645. The zero-order valence-electron chi connectivity index (χ0n) is 22.7. The van der Waals surface area contributed by atoms with Crippen molar-refractivity contribution in [3.63, 3.8) is 0 Å². The standard InChI is InChI=1S/C33H31N3O4/c1-38-26-16-14-25(15-17-26)36-31(22-30(35-36)28-19-18-27(39-2)21-32(28)40-3)33(37)34-29(24-12-8-5-9-13-24)20-23-10-6-4-7-11-23/h4-19,21-22,29H,20H2,1-3H3,(H,34,37). The molecule has 1 heterocycles. The lowest BCUT2D eigenvalue weighted by Gasteiger charge is -2.20. The van der Waals surface area contributed by atoms with Crippen LogP contribution in [0, 0.1) is 0 Å². The molecule has 5 aromatic rings. The number of nitrogens with zero attached hydrogens (tertiary/aromatic N) is 2. The van der Waals surface area contributed by atoms with E-state index in [-0.39, 0.29) is 11.9 Å². The largest absolute Gasteiger partial charge is 0.497 e. The Bertz CT molecular complexity index is 1570. The number of amides is 1. The average molecular weight is 534 g/mol. The highest BCUT2D eigenvalue weighted by molar-refractivity contribution is 5.95. The van der Waals surface area contributed by atoms with Gasteiger partial charge in [0.2, 0.25) is 0 Å². The molecule has 1 atom stereocenters. The number of carbonyl (C=O) groups excluding carboxylic acids is 1. The van der Waals surface area contributed by atoms with Crippen molar-refractivity contribution in [1.29, 1.82) is 0 Å². The number of aromatic nitrogens is 2. The summed E-state index contributed by atoms with van der Waals surface area (Å²) in [5.74, 6) is 1.73. The lowest BCUT2D eigenvalue weighted by Crippen LogP contribution is -2.31. The summed E-state index contributed by atoms with van der Waals surface area (Å²) in [6, 6.07) is 34.6. The molecule has 1 N–H and O–H groups in total. The van der Waals surface area contributed by atoms with Crippen LogP contribution >= 0.6 is 0 Å². The summed E-state index contributed by atoms with van der Waals surface area (Å²) in [6.45, 7) is 0. The molecule has 0 bridgehead atoms. The third-order valence-corrected chi connectivity index (χ3v) is 6.73. The van der Waals surface area contributed by atoms with Crippen molar-refractivity contribution in [1.82, 2.24) is 15.1 Å². The smallest absolute Gasteiger partial charge is 0.270 e. The van der Waals surface area contributed by atoms with E-state index in [0.29, 0.717) is 35.1 Å². The van der Waals surface area contributed by atoms with E-state index in [1.54, 1.807) is 38.1 Å². The monoisotopic (exact) mass is 533 g/mol. The molecule has 0 fully saturated rings. The number of carbonyl (C=O) groups is 1. The highest BCUT2D eigenvalue weighted by Gasteiger charge is 2.23. The minimum absolute atomic E-state index is 0.241. The number of nitrogens with one attached hydrogen (secondary N) is 1. The molecule has 1 aromatic heterocycles. The SMILES string of the molecule is COc1ccc(-n2nc(-c3ccc(OC)cc3OC)cc2C(=O)NC(Cc2ccccc2)c2ccccc2)cc1. The fraction of sp³-hybridized carbons (Fsp3) is 0.152. The van der Waals surface area contributed by atoms with Crippen LogP contribution in [0.4, 0.5) is 0 Å². The maximum Gasteiger partial charge on any atom is 0.270 e. The lowest BCUT2D eigenvalue weighted by atomic mass is 9.98. The minimum atomic E-state index is -0.244. The Labute approximate surface area is 234 Å². The van der Waals surface area contributed by atoms with Crippen molar-refractivity contribution in [2.45, 2.75) is 12.5 Å². The van der Waals surface area contributed by atoms with Crippen LogP contribution in [-0.2, 0) is 6.42 Å². The Morgan fingerprint density at radius 1 is 0.775 bits per heavy atom. The highest BCUT2D eigenvalue weighted by Crippen LogP contribution is 2.34. The molecule has 0 aliphatic carbocycles. The average Bonchev–Trinajstić information content (AvgIpc) is 3.47. The molecular weight excluding hydrogens is 502 g/mol. The van der Waals surface area contributed by atoms with E-state index in [0.717, 1.165) is 22.4 Å². The zero-order chi connectivity index (χ0) is 27.9. The first-order chi connectivity index (χ1) is 19.6. The fourth-order valence-corrected chi connectivity index (χ4v) is 4.62. The number of rotatable bonds is 10. The molecule has 0 aliphatic heterocycles. The highest BCUT2D eigenvalue weighted by atomic mass is 16.5. The molecule has 0 radical (unpaired) electrons. The number of hydrogen-bond donors (Lipinski definition) is 1. The summed E-state index contributed by atoms with van der Waals surface area (Å²) in [4.78, 5) is 14.0. The summed E-state index contributed by atoms with van der Waals surface area (Å²) in [5.41, 5.74) is 4.61. The van der Waals surface area contributed by atoms with Crippen LogP contribution in [0.25, 0.3) is 16.9 Å². The van der Waals surface area contributed by atoms with Crippen molar-refractivity contribution < 1.29 is 19.0 Å². The van der Waals surface area contributed by atoms with Gasteiger partial charge in [-0.15, -0.1) is 0 Å². The van der Waals surface area contributed by atoms with E-state index < -0.39 is 0 Å². The molecule has 1 amide bonds. The third kappa shape index (κ3) is 5.83. The second-order valence-corrected chi connectivity index (χ2v) is 9.22. The van der Waals surface area contributed by atoms with Crippen molar-refractivity contribution in [2.24, 2.45) is 0 Å². The van der Waals surface area contributed by atoms with Crippen LogP contribution in [0.1, 0.15) is 27.7 Å². The quantitative estimate of drug-likeness (QED) is 0.229. The van der Waals surface area contributed by atoms with Crippen LogP contribution in [0.3, 0.4) is 0 Å². The van der Waals surface area contributed by atoms with Gasteiger partial charge in [0.25, 0.3) is 5.91 Å². The molecule has 0 saturated carbocycles. The Morgan fingerprint density at radius 3 is 2.08 bits per heavy atom. The first-order valence-corrected chi connectivity index (χ1v) is 13.0. The van der Waals surface area contributed by atoms with Gasteiger partial charge in [-0.25, -0.2) is 4.68 Å². The maximum atomic E-state index is 14.0. The molecule has 40 heavy (non-hydrogen) atoms. The number of methoxy groups -OCH3 is 3. The molecular formula is C33H31N3O4. The van der Waals surface area contributed by atoms with Crippen LogP contribution in [0.2, 0.25) is 0 Å². The van der Waals surface area contributed by atoms with Crippen LogP contribution in [-0.4, -0.2) is 37.0 Å².